The molecule has 0 aliphatic heterocycles. The monoisotopic (exact) mass is 481 g/mol. The first-order valence-corrected chi connectivity index (χ1v) is 9.44. The molecule has 14 heteroatoms. The Labute approximate surface area is 180 Å². The number of alkyl halides is 6. The predicted molar refractivity (Wildman–Crippen MR) is 103 cm³/mol. The summed E-state index contributed by atoms with van der Waals surface area (Å²) in [5, 5.41) is 15.3. The molecule has 0 heterocycles. The van der Waals surface area contributed by atoms with Gasteiger partial charge in [0.2, 0.25) is 11.8 Å². The molecule has 2 N–H and O–H groups in total. The Kier molecular flexibility index (Phi) is 7.38. The van der Waals surface area contributed by atoms with Gasteiger partial charge in [0, 0.05) is 18.7 Å². The maximum atomic E-state index is 13.3. The topological polar surface area (TPSA) is 101 Å². The van der Waals surface area contributed by atoms with Gasteiger partial charge in [-0.15, -0.1) is 11.8 Å². The molecule has 0 aliphatic rings. The minimum atomic E-state index is -4.88. The van der Waals surface area contributed by atoms with Gasteiger partial charge < -0.3 is 10.6 Å². The van der Waals surface area contributed by atoms with Crippen LogP contribution in [0.5, 0.6) is 0 Å². The van der Waals surface area contributed by atoms with Crippen LogP contribution in [-0.2, 0) is 21.9 Å². The van der Waals surface area contributed by atoms with E-state index in [0.717, 1.165) is 25.1 Å². The van der Waals surface area contributed by atoms with E-state index in [-0.39, 0.29) is 10.6 Å². The van der Waals surface area contributed by atoms with Crippen LogP contribution in [0.2, 0.25) is 0 Å². The third-order valence-electron chi connectivity index (χ3n) is 3.76. The smallest absolute Gasteiger partial charge is 0.326 e. The molecule has 0 saturated carbocycles. The number of hydrogen-bond acceptors (Lipinski definition) is 5. The zero-order chi connectivity index (χ0) is 24.3. The molecule has 0 radical (unpaired) electrons. The number of nitrogens with zero attached hydrogens (tertiary/aromatic N) is 1. The van der Waals surface area contributed by atoms with Crippen LogP contribution < -0.4 is 10.6 Å². The molecule has 0 atom stereocenters. The summed E-state index contributed by atoms with van der Waals surface area (Å²) in [5.41, 5.74) is -4.18. The number of hydrogen-bond donors (Lipinski definition) is 2. The van der Waals surface area contributed by atoms with Crippen LogP contribution in [0.1, 0.15) is 18.1 Å². The summed E-state index contributed by atoms with van der Waals surface area (Å²) in [6, 6.07) is 4.36. The van der Waals surface area contributed by atoms with Gasteiger partial charge in [-0.25, -0.2) is 0 Å². The average molecular weight is 481 g/mol. The molecule has 2 aromatic rings. The fourth-order valence-electron chi connectivity index (χ4n) is 2.46. The SMILES string of the molecule is CC(=O)Nc1ccc(NC(=O)CSc2ccc(C(F)(F)F)cc2[N+](=O)[O-])c(C(F)(F)F)c1. The van der Waals surface area contributed by atoms with E-state index in [4.69, 9.17) is 0 Å². The first-order valence-electron chi connectivity index (χ1n) is 8.45. The number of carbonyl (C=O) groups is 2. The third-order valence-corrected chi connectivity index (χ3v) is 4.82. The van der Waals surface area contributed by atoms with E-state index in [9.17, 15) is 46.0 Å². The fourth-order valence-corrected chi connectivity index (χ4v) is 3.26. The third kappa shape index (κ3) is 6.60. The van der Waals surface area contributed by atoms with Crippen LogP contribution in [0.25, 0.3) is 0 Å². The van der Waals surface area contributed by atoms with Crippen LogP contribution in [0, 0.1) is 10.1 Å². The summed E-state index contributed by atoms with van der Waals surface area (Å²) in [7, 11) is 0. The van der Waals surface area contributed by atoms with Crippen molar-refractivity contribution in [2.75, 3.05) is 16.4 Å². The number of nitro groups is 1. The molecular weight excluding hydrogens is 468 g/mol. The van der Waals surface area contributed by atoms with Crippen molar-refractivity contribution in [1.29, 1.82) is 0 Å². The fraction of sp³-hybridized carbons (Fsp3) is 0.222. The number of benzene rings is 2. The maximum absolute atomic E-state index is 13.3. The van der Waals surface area contributed by atoms with Gasteiger partial charge in [0.1, 0.15) is 0 Å². The number of halogens is 6. The number of anilines is 2. The van der Waals surface area contributed by atoms with Crippen molar-refractivity contribution in [2.45, 2.75) is 24.2 Å². The van der Waals surface area contributed by atoms with Crippen molar-refractivity contribution >= 4 is 40.6 Å². The minimum absolute atomic E-state index is 0.155. The predicted octanol–water partition coefficient (Wildman–Crippen LogP) is 5.32. The van der Waals surface area contributed by atoms with Gasteiger partial charge in [-0.05, 0) is 30.3 Å². The van der Waals surface area contributed by atoms with E-state index in [2.05, 4.69) is 5.32 Å². The van der Waals surface area contributed by atoms with E-state index in [1.54, 1.807) is 0 Å². The van der Waals surface area contributed by atoms with Crippen molar-refractivity contribution in [3.05, 3.63) is 57.6 Å². The zero-order valence-corrected chi connectivity index (χ0v) is 16.7. The molecule has 172 valence electrons. The zero-order valence-electron chi connectivity index (χ0n) is 15.9. The normalized spacial score (nSPS) is 11.7. The molecule has 0 fully saturated rings. The Morgan fingerprint density at radius 2 is 1.66 bits per heavy atom. The van der Waals surface area contributed by atoms with E-state index < -0.39 is 57.3 Å². The molecule has 32 heavy (non-hydrogen) atoms. The molecule has 2 aromatic carbocycles. The lowest BCUT2D eigenvalue weighted by molar-refractivity contribution is -0.388. The van der Waals surface area contributed by atoms with Gasteiger partial charge >= 0.3 is 12.4 Å². The maximum Gasteiger partial charge on any atom is 0.418 e. The summed E-state index contributed by atoms with van der Waals surface area (Å²) in [6.07, 6.45) is -9.70. The van der Waals surface area contributed by atoms with E-state index in [0.29, 0.717) is 30.0 Å². The Bertz CT molecular complexity index is 1060. The Morgan fingerprint density at radius 3 is 2.19 bits per heavy atom. The second-order valence-corrected chi connectivity index (χ2v) is 7.23. The molecular formula is C18H13F6N3O4S. The highest BCUT2D eigenvalue weighted by Crippen LogP contribution is 2.38. The largest absolute Gasteiger partial charge is 0.418 e. The van der Waals surface area contributed by atoms with E-state index in [1.807, 2.05) is 5.32 Å². The van der Waals surface area contributed by atoms with Gasteiger partial charge in [-0.2, -0.15) is 26.3 Å². The van der Waals surface area contributed by atoms with Crippen LogP contribution in [0.3, 0.4) is 0 Å². The van der Waals surface area contributed by atoms with Gasteiger partial charge in [0.05, 0.1) is 32.4 Å². The lowest BCUT2D eigenvalue weighted by atomic mass is 10.1. The second kappa shape index (κ2) is 9.46. The molecule has 0 saturated heterocycles. The highest BCUT2D eigenvalue weighted by Gasteiger charge is 2.35. The summed E-state index contributed by atoms with van der Waals surface area (Å²) in [6.45, 7) is 1.10. The van der Waals surface area contributed by atoms with E-state index in [1.165, 1.54) is 0 Å². The lowest BCUT2D eigenvalue weighted by Crippen LogP contribution is -2.19. The van der Waals surface area contributed by atoms with Crippen LogP contribution in [0.4, 0.5) is 43.4 Å². The molecule has 0 spiro atoms. The average Bonchev–Trinajstić information content (AvgIpc) is 2.65. The number of nitrogens with one attached hydrogen (secondary N) is 2. The van der Waals surface area contributed by atoms with Crippen LogP contribution in [0.15, 0.2) is 41.3 Å². The molecule has 0 unspecified atom stereocenters. The second-order valence-electron chi connectivity index (χ2n) is 6.21. The minimum Gasteiger partial charge on any atom is -0.326 e. The summed E-state index contributed by atoms with van der Waals surface area (Å²) in [4.78, 5) is 32.9. The van der Waals surface area contributed by atoms with E-state index >= 15 is 0 Å². The van der Waals surface area contributed by atoms with Gasteiger partial charge in [-0.3, -0.25) is 19.7 Å². The molecule has 2 amide bonds. The molecule has 7 nitrogen and oxygen atoms in total. The Hall–Kier alpha value is -3.29. The molecule has 0 aromatic heterocycles. The summed E-state index contributed by atoms with van der Waals surface area (Å²) < 4.78 is 78.2. The molecule has 0 bridgehead atoms. The highest BCUT2D eigenvalue weighted by atomic mass is 32.2. The van der Waals surface area contributed by atoms with Crippen molar-refractivity contribution in [2.24, 2.45) is 0 Å². The number of nitro benzene ring substituents is 1. The quantitative estimate of drug-likeness (QED) is 0.252. The number of carbonyl (C=O) groups excluding carboxylic acids is 2. The first-order chi connectivity index (χ1) is 14.7. The molecule has 2 rings (SSSR count). The highest BCUT2D eigenvalue weighted by molar-refractivity contribution is 8.00. The Balaban J connectivity index is 2.20. The number of thioether (sulfide) groups is 1. The van der Waals surface area contributed by atoms with Gasteiger partial charge in [0.15, 0.2) is 0 Å². The van der Waals surface area contributed by atoms with Crippen molar-refractivity contribution in [1.82, 2.24) is 0 Å². The van der Waals surface area contributed by atoms with Crippen molar-refractivity contribution in [3.63, 3.8) is 0 Å². The van der Waals surface area contributed by atoms with Crippen molar-refractivity contribution < 1.29 is 40.9 Å². The molecule has 0 aliphatic carbocycles. The summed E-state index contributed by atoms with van der Waals surface area (Å²) in [5.74, 6) is -2.21. The first kappa shape index (κ1) is 25.0. The van der Waals surface area contributed by atoms with Gasteiger partial charge in [0.25, 0.3) is 5.69 Å². The van der Waals surface area contributed by atoms with Crippen LogP contribution >= 0.6 is 11.8 Å². The van der Waals surface area contributed by atoms with Crippen LogP contribution in [-0.4, -0.2) is 22.5 Å². The van der Waals surface area contributed by atoms with Crippen molar-refractivity contribution in [3.8, 4) is 0 Å². The number of amides is 2. The van der Waals surface area contributed by atoms with Gasteiger partial charge in [-0.1, -0.05) is 0 Å². The standard InChI is InChI=1S/C18H13F6N3O4S/c1-9(28)25-11-3-4-13(12(7-11)18(22,23)24)26-16(29)8-32-15-5-2-10(17(19,20)21)6-14(15)27(30)31/h2-7H,8H2,1H3,(H,25,28)(H,26,29). The summed E-state index contributed by atoms with van der Waals surface area (Å²) >= 11 is 0.488. The number of rotatable bonds is 6. The lowest BCUT2D eigenvalue weighted by Gasteiger charge is -2.15. The Morgan fingerprint density at radius 1 is 1.00 bits per heavy atom.